The van der Waals surface area contributed by atoms with E-state index >= 15 is 0 Å². The maximum absolute atomic E-state index is 11.1. The number of fused-ring (bicyclic) bond motifs is 1. The van der Waals surface area contributed by atoms with Gasteiger partial charge < -0.3 is 9.84 Å². The van der Waals surface area contributed by atoms with Crippen LogP contribution in [0.25, 0.3) is 5.65 Å². The summed E-state index contributed by atoms with van der Waals surface area (Å²) >= 11 is 0. The van der Waals surface area contributed by atoms with E-state index in [1.165, 1.54) is 0 Å². The third kappa shape index (κ3) is 1.68. The van der Waals surface area contributed by atoms with Crippen LogP contribution in [0.4, 0.5) is 0 Å². The Morgan fingerprint density at radius 3 is 3.12 bits per heavy atom. The van der Waals surface area contributed by atoms with Crippen LogP contribution in [0.3, 0.4) is 0 Å². The van der Waals surface area contributed by atoms with Crippen LogP contribution in [-0.4, -0.2) is 33.7 Å². The predicted molar refractivity (Wildman–Crippen MR) is 60.3 cm³/mol. The van der Waals surface area contributed by atoms with E-state index in [0.717, 1.165) is 18.7 Å². The van der Waals surface area contributed by atoms with Crippen molar-refractivity contribution in [2.75, 3.05) is 13.2 Å². The van der Waals surface area contributed by atoms with E-state index in [1.807, 2.05) is 6.07 Å². The first-order valence-corrected chi connectivity index (χ1v) is 5.55. The predicted octanol–water partition coefficient (Wildman–Crippen LogP) is 1.54. The second-order valence-corrected chi connectivity index (χ2v) is 4.17. The molecule has 0 spiro atoms. The van der Waals surface area contributed by atoms with Crippen molar-refractivity contribution in [2.45, 2.75) is 12.3 Å². The third-order valence-corrected chi connectivity index (χ3v) is 3.08. The Hall–Kier alpha value is -1.88. The summed E-state index contributed by atoms with van der Waals surface area (Å²) in [5.74, 6) is -0.654. The highest BCUT2D eigenvalue weighted by Gasteiger charge is 2.21. The molecule has 3 rings (SSSR count). The van der Waals surface area contributed by atoms with Gasteiger partial charge in [-0.15, -0.1) is 0 Å². The smallest absolute Gasteiger partial charge is 0.352 e. The molecule has 1 aliphatic rings. The minimum absolute atomic E-state index is 0.236. The Kier molecular flexibility index (Phi) is 2.33. The van der Waals surface area contributed by atoms with Crippen LogP contribution in [-0.2, 0) is 4.74 Å². The molecule has 1 atom stereocenters. The molecule has 1 N–H and O–H groups in total. The monoisotopic (exact) mass is 232 g/mol. The fourth-order valence-electron chi connectivity index (χ4n) is 2.17. The summed E-state index contributed by atoms with van der Waals surface area (Å²) in [6, 6.07) is 5.10. The second kappa shape index (κ2) is 3.85. The fourth-order valence-corrected chi connectivity index (χ4v) is 2.17. The molecule has 1 aliphatic heterocycles. The number of aromatic nitrogens is 2. The molecule has 0 saturated carbocycles. The quantitative estimate of drug-likeness (QED) is 0.853. The molecule has 5 nitrogen and oxygen atoms in total. The van der Waals surface area contributed by atoms with Crippen molar-refractivity contribution in [3.05, 3.63) is 35.8 Å². The number of carboxylic acid groups (broad SMARTS) is 1. The number of nitrogens with zero attached hydrogens (tertiary/aromatic N) is 2. The van der Waals surface area contributed by atoms with Gasteiger partial charge in [0.25, 0.3) is 0 Å². The molecular weight excluding hydrogens is 220 g/mol. The molecule has 2 aromatic heterocycles. The summed E-state index contributed by atoms with van der Waals surface area (Å²) < 4.78 is 6.94. The largest absolute Gasteiger partial charge is 0.477 e. The third-order valence-electron chi connectivity index (χ3n) is 3.08. The van der Waals surface area contributed by atoms with Crippen LogP contribution in [0, 0.1) is 0 Å². The van der Waals surface area contributed by atoms with Crippen molar-refractivity contribution in [1.29, 1.82) is 0 Å². The van der Waals surface area contributed by atoms with Crippen LogP contribution in [0.15, 0.2) is 24.4 Å². The first-order valence-electron chi connectivity index (χ1n) is 5.55. The summed E-state index contributed by atoms with van der Waals surface area (Å²) in [6.45, 7) is 1.43. The van der Waals surface area contributed by atoms with E-state index < -0.39 is 5.97 Å². The van der Waals surface area contributed by atoms with Gasteiger partial charge in [-0.3, -0.25) is 4.40 Å². The second-order valence-electron chi connectivity index (χ2n) is 4.17. The number of carbonyl (C=O) groups is 1. The van der Waals surface area contributed by atoms with Crippen LogP contribution in [0.1, 0.15) is 28.5 Å². The number of rotatable bonds is 2. The van der Waals surface area contributed by atoms with Gasteiger partial charge in [-0.05, 0) is 18.6 Å². The van der Waals surface area contributed by atoms with Gasteiger partial charge in [0.05, 0.1) is 12.3 Å². The zero-order valence-corrected chi connectivity index (χ0v) is 9.17. The first-order chi connectivity index (χ1) is 8.25. The van der Waals surface area contributed by atoms with Crippen LogP contribution < -0.4 is 0 Å². The van der Waals surface area contributed by atoms with Crippen LogP contribution >= 0.6 is 0 Å². The van der Waals surface area contributed by atoms with Crippen LogP contribution in [0.2, 0.25) is 0 Å². The molecular formula is C12H12N2O3. The molecule has 5 heteroatoms. The van der Waals surface area contributed by atoms with Gasteiger partial charge in [-0.25, -0.2) is 9.78 Å². The molecule has 0 amide bonds. The molecule has 2 aromatic rings. The molecule has 0 aliphatic carbocycles. The SMILES string of the molecule is O=C(O)c1cccc2nc(C3CCOC3)cn12. The van der Waals surface area contributed by atoms with Gasteiger partial charge in [-0.2, -0.15) is 0 Å². The number of ether oxygens (including phenoxy) is 1. The van der Waals surface area contributed by atoms with E-state index in [9.17, 15) is 4.79 Å². The van der Waals surface area contributed by atoms with Gasteiger partial charge in [0, 0.05) is 18.7 Å². The topological polar surface area (TPSA) is 63.8 Å². The van der Waals surface area contributed by atoms with Crippen molar-refractivity contribution in [3.63, 3.8) is 0 Å². The van der Waals surface area contributed by atoms with Gasteiger partial charge in [0.2, 0.25) is 0 Å². The summed E-state index contributed by atoms with van der Waals surface area (Å²) in [5.41, 5.74) is 1.82. The molecule has 0 radical (unpaired) electrons. The lowest BCUT2D eigenvalue weighted by Crippen LogP contribution is -2.03. The zero-order chi connectivity index (χ0) is 11.8. The van der Waals surface area contributed by atoms with Gasteiger partial charge >= 0.3 is 5.97 Å². The molecule has 0 bridgehead atoms. The Morgan fingerprint density at radius 2 is 2.41 bits per heavy atom. The minimum Gasteiger partial charge on any atom is -0.477 e. The summed E-state index contributed by atoms with van der Waals surface area (Å²) in [4.78, 5) is 15.5. The van der Waals surface area contributed by atoms with E-state index in [2.05, 4.69) is 4.98 Å². The average molecular weight is 232 g/mol. The van der Waals surface area contributed by atoms with Gasteiger partial charge in [0.1, 0.15) is 11.3 Å². The lowest BCUT2D eigenvalue weighted by atomic mass is 10.1. The molecule has 88 valence electrons. The normalized spacial score (nSPS) is 19.9. The maximum atomic E-state index is 11.1. The molecule has 17 heavy (non-hydrogen) atoms. The van der Waals surface area contributed by atoms with E-state index in [0.29, 0.717) is 12.3 Å². The van der Waals surface area contributed by atoms with E-state index in [4.69, 9.17) is 9.84 Å². The highest BCUT2D eigenvalue weighted by Crippen LogP contribution is 2.25. The Balaban J connectivity index is 2.11. The van der Waals surface area contributed by atoms with Crippen molar-refractivity contribution in [1.82, 2.24) is 9.38 Å². The first kappa shape index (κ1) is 10.3. The van der Waals surface area contributed by atoms with Crippen molar-refractivity contribution in [2.24, 2.45) is 0 Å². The van der Waals surface area contributed by atoms with E-state index in [-0.39, 0.29) is 11.6 Å². The highest BCUT2D eigenvalue weighted by atomic mass is 16.5. The average Bonchev–Trinajstić information content (AvgIpc) is 2.96. The standard InChI is InChI=1S/C12H12N2O3/c15-12(16)10-2-1-3-11-13-9(6-14(10)11)8-4-5-17-7-8/h1-3,6,8H,4-5,7H2,(H,15,16). The summed E-state index contributed by atoms with van der Waals surface area (Å²) in [5, 5.41) is 9.08. The number of hydrogen-bond acceptors (Lipinski definition) is 3. The number of pyridine rings is 1. The maximum Gasteiger partial charge on any atom is 0.352 e. The van der Waals surface area contributed by atoms with E-state index in [1.54, 1.807) is 22.7 Å². The molecule has 1 unspecified atom stereocenters. The number of carboxylic acids is 1. The number of aromatic carboxylic acids is 1. The Bertz CT molecular complexity index is 570. The molecule has 0 aromatic carbocycles. The lowest BCUT2D eigenvalue weighted by molar-refractivity contribution is 0.0689. The number of hydrogen-bond donors (Lipinski definition) is 1. The lowest BCUT2D eigenvalue weighted by Gasteiger charge is -2.00. The van der Waals surface area contributed by atoms with Crippen molar-refractivity contribution >= 4 is 11.6 Å². The fraction of sp³-hybridized carbons (Fsp3) is 0.333. The summed E-state index contributed by atoms with van der Waals surface area (Å²) in [6.07, 6.45) is 2.75. The molecule has 1 saturated heterocycles. The zero-order valence-electron chi connectivity index (χ0n) is 9.17. The molecule has 3 heterocycles. The van der Waals surface area contributed by atoms with Crippen molar-refractivity contribution in [3.8, 4) is 0 Å². The van der Waals surface area contributed by atoms with Crippen molar-refractivity contribution < 1.29 is 14.6 Å². The number of imidazole rings is 1. The Labute approximate surface area is 97.7 Å². The summed E-state index contributed by atoms with van der Waals surface area (Å²) in [7, 11) is 0. The highest BCUT2D eigenvalue weighted by molar-refractivity contribution is 5.86. The van der Waals surface area contributed by atoms with Gasteiger partial charge in [-0.1, -0.05) is 6.07 Å². The van der Waals surface area contributed by atoms with Gasteiger partial charge in [0.15, 0.2) is 0 Å². The minimum atomic E-state index is -0.942. The Morgan fingerprint density at radius 1 is 1.53 bits per heavy atom. The van der Waals surface area contributed by atoms with Crippen LogP contribution in [0.5, 0.6) is 0 Å². The molecule has 1 fully saturated rings.